The van der Waals surface area contributed by atoms with Crippen molar-refractivity contribution in [3.8, 4) is 0 Å². The fraction of sp³-hybridized carbons (Fsp3) is 0.500. The van der Waals surface area contributed by atoms with Gasteiger partial charge in [-0.3, -0.25) is 0 Å². The third kappa shape index (κ3) is 3.49. The highest BCUT2D eigenvalue weighted by atomic mass is 35.5. The van der Waals surface area contributed by atoms with Gasteiger partial charge in [-0.25, -0.2) is 0 Å². The molecule has 0 amide bonds. The molecule has 1 rings (SSSR count). The minimum Gasteiger partial charge on any atom is -0.349 e. The van der Waals surface area contributed by atoms with Crippen molar-refractivity contribution in [2.24, 2.45) is 0 Å². The monoisotopic (exact) mass is 228 g/mol. The summed E-state index contributed by atoms with van der Waals surface area (Å²) in [5.41, 5.74) is 2.03. The van der Waals surface area contributed by atoms with Crippen molar-refractivity contribution in [3.63, 3.8) is 0 Å². The topological polar surface area (TPSA) is 18.5 Å². The lowest BCUT2D eigenvalue weighted by atomic mass is 10.1. The largest absolute Gasteiger partial charge is 0.349 e. The fourth-order valence-corrected chi connectivity index (χ4v) is 1.49. The van der Waals surface area contributed by atoms with E-state index in [1.54, 1.807) is 0 Å². The highest BCUT2D eigenvalue weighted by Crippen LogP contribution is 2.24. The molecule has 0 heterocycles. The third-order valence-corrected chi connectivity index (χ3v) is 2.51. The van der Waals surface area contributed by atoms with Crippen molar-refractivity contribution in [2.45, 2.75) is 27.1 Å². The first-order valence-electron chi connectivity index (χ1n) is 5.18. The van der Waals surface area contributed by atoms with Gasteiger partial charge in [0.05, 0.1) is 0 Å². The van der Waals surface area contributed by atoms with E-state index < -0.39 is 0 Å². The average molecular weight is 229 g/mol. The molecule has 0 aliphatic rings. The highest BCUT2D eigenvalue weighted by Gasteiger charge is 2.11. The third-order valence-electron chi connectivity index (χ3n) is 2.10. The zero-order valence-electron chi connectivity index (χ0n) is 9.42. The summed E-state index contributed by atoms with van der Waals surface area (Å²) in [4.78, 5) is 0. The van der Waals surface area contributed by atoms with Gasteiger partial charge in [0.25, 0.3) is 0 Å². The maximum atomic E-state index is 6.05. The van der Waals surface area contributed by atoms with Gasteiger partial charge >= 0.3 is 0 Å². The minimum atomic E-state index is -0.307. The first-order valence-corrected chi connectivity index (χ1v) is 5.56. The second kappa shape index (κ2) is 6.11. The second-order valence-electron chi connectivity index (χ2n) is 3.25. The van der Waals surface area contributed by atoms with Gasteiger partial charge < -0.3 is 9.47 Å². The van der Waals surface area contributed by atoms with Crippen LogP contribution in [0.1, 0.15) is 31.3 Å². The van der Waals surface area contributed by atoms with E-state index in [-0.39, 0.29) is 6.29 Å². The molecule has 0 radical (unpaired) electrons. The van der Waals surface area contributed by atoms with Crippen molar-refractivity contribution >= 4 is 11.6 Å². The van der Waals surface area contributed by atoms with Crippen LogP contribution in [0.2, 0.25) is 5.02 Å². The second-order valence-corrected chi connectivity index (χ2v) is 3.66. The van der Waals surface area contributed by atoms with Gasteiger partial charge in [0.2, 0.25) is 0 Å². The van der Waals surface area contributed by atoms with Gasteiger partial charge in [-0.2, -0.15) is 0 Å². The number of ether oxygens (including phenoxy) is 2. The van der Waals surface area contributed by atoms with Gasteiger partial charge in [0, 0.05) is 23.8 Å². The first-order chi connectivity index (χ1) is 7.19. The van der Waals surface area contributed by atoms with Crippen LogP contribution in [0.15, 0.2) is 18.2 Å². The van der Waals surface area contributed by atoms with E-state index >= 15 is 0 Å². The fourth-order valence-electron chi connectivity index (χ4n) is 1.30. The molecular formula is C12H17ClO2. The average Bonchev–Trinajstić information content (AvgIpc) is 2.22. The Labute approximate surface area is 96.2 Å². The van der Waals surface area contributed by atoms with Gasteiger partial charge in [-0.1, -0.05) is 23.7 Å². The Hall–Kier alpha value is -0.570. The number of hydrogen-bond donors (Lipinski definition) is 0. The highest BCUT2D eigenvalue weighted by molar-refractivity contribution is 6.31. The molecule has 0 fully saturated rings. The molecule has 2 nitrogen and oxygen atoms in total. The lowest BCUT2D eigenvalue weighted by Gasteiger charge is -2.17. The summed E-state index contributed by atoms with van der Waals surface area (Å²) in [5.74, 6) is 0. The molecular weight excluding hydrogens is 212 g/mol. The maximum Gasteiger partial charge on any atom is 0.183 e. The van der Waals surface area contributed by atoms with Crippen molar-refractivity contribution in [2.75, 3.05) is 13.2 Å². The predicted octanol–water partition coefficient (Wildman–Crippen LogP) is 3.72. The zero-order chi connectivity index (χ0) is 11.3. The van der Waals surface area contributed by atoms with Crippen LogP contribution in [-0.4, -0.2) is 13.2 Å². The summed E-state index contributed by atoms with van der Waals surface area (Å²) >= 11 is 6.05. The molecule has 3 heteroatoms. The molecule has 0 aliphatic heterocycles. The van der Waals surface area contributed by atoms with Crippen LogP contribution in [0.3, 0.4) is 0 Å². The van der Waals surface area contributed by atoms with Crippen LogP contribution >= 0.6 is 11.6 Å². The Kier molecular flexibility index (Phi) is 5.09. The Bertz CT molecular complexity index is 306. The van der Waals surface area contributed by atoms with Crippen molar-refractivity contribution < 1.29 is 9.47 Å². The molecule has 0 bridgehead atoms. The summed E-state index contributed by atoms with van der Waals surface area (Å²) in [6.07, 6.45) is -0.307. The molecule has 0 aromatic heterocycles. The molecule has 84 valence electrons. The number of aryl methyl sites for hydroxylation is 1. The van der Waals surface area contributed by atoms with E-state index in [4.69, 9.17) is 21.1 Å². The van der Waals surface area contributed by atoms with E-state index in [0.717, 1.165) is 16.1 Å². The number of hydrogen-bond acceptors (Lipinski definition) is 2. The molecule has 0 spiro atoms. The van der Waals surface area contributed by atoms with E-state index in [1.807, 2.05) is 39.0 Å². The molecule has 0 saturated carbocycles. The summed E-state index contributed by atoms with van der Waals surface area (Å²) in [7, 11) is 0. The maximum absolute atomic E-state index is 6.05. The Morgan fingerprint density at radius 1 is 1.20 bits per heavy atom. The van der Waals surface area contributed by atoms with Crippen LogP contribution in [0.4, 0.5) is 0 Å². The zero-order valence-corrected chi connectivity index (χ0v) is 10.2. The first kappa shape index (κ1) is 12.5. The van der Waals surface area contributed by atoms with Gasteiger partial charge in [-0.15, -0.1) is 0 Å². The molecule has 1 aromatic carbocycles. The Morgan fingerprint density at radius 2 is 1.80 bits per heavy atom. The number of benzene rings is 1. The Balaban J connectivity index is 2.85. The lowest BCUT2D eigenvalue weighted by molar-refractivity contribution is -0.140. The van der Waals surface area contributed by atoms with Gasteiger partial charge in [0.15, 0.2) is 6.29 Å². The smallest absolute Gasteiger partial charge is 0.183 e. The SMILES string of the molecule is CCOC(OCC)c1ccc(C)c(Cl)c1. The van der Waals surface area contributed by atoms with E-state index in [1.165, 1.54) is 0 Å². The van der Waals surface area contributed by atoms with Crippen LogP contribution < -0.4 is 0 Å². The number of halogens is 1. The van der Waals surface area contributed by atoms with Gasteiger partial charge in [-0.05, 0) is 32.4 Å². The van der Waals surface area contributed by atoms with Crippen molar-refractivity contribution in [1.29, 1.82) is 0 Å². The molecule has 0 N–H and O–H groups in total. The summed E-state index contributed by atoms with van der Waals surface area (Å²) < 4.78 is 11.0. The van der Waals surface area contributed by atoms with Crippen LogP contribution in [0, 0.1) is 6.92 Å². The normalized spacial score (nSPS) is 11.0. The van der Waals surface area contributed by atoms with E-state index in [9.17, 15) is 0 Å². The molecule has 1 aromatic rings. The standard InChI is InChI=1S/C12H17ClO2/c1-4-14-12(15-5-2)10-7-6-9(3)11(13)8-10/h6-8,12H,4-5H2,1-3H3. The summed E-state index contributed by atoms with van der Waals surface area (Å²) in [5, 5.41) is 0.747. The lowest BCUT2D eigenvalue weighted by Crippen LogP contribution is -2.08. The molecule has 0 saturated heterocycles. The molecule has 0 aliphatic carbocycles. The van der Waals surface area contributed by atoms with Crippen LogP contribution in [0.25, 0.3) is 0 Å². The predicted molar refractivity (Wildman–Crippen MR) is 62.2 cm³/mol. The molecule has 15 heavy (non-hydrogen) atoms. The summed E-state index contributed by atoms with van der Waals surface area (Å²) in [6, 6.07) is 5.85. The van der Waals surface area contributed by atoms with Crippen LogP contribution in [-0.2, 0) is 9.47 Å². The van der Waals surface area contributed by atoms with Gasteiger partial charge in [0.1, 0.15) is 0 Å². The minimum absolute atomic E-state index is 0.307. The Morgan fingerprint density at radius 3 is 2.27 bits per heavy atom. The van der Waals surface area contributed by atoms with E-state index in [2.05, 4.69) is 0 Å². The van der Waals surface area contributed by atoms with Crippen molar-refractivity contribution in [3.05, 3.63) is 34.3 Å². The molecule has 0 atom stereocenters. The van der Waals surface area contributed by atoms with Crippen LogP contribution in [0.5, 0.6) is 0 Å². The molecule has 0 unspecified atom stereocenters. The van der Waals surface area contributed by atoms with Crippen molar-refractivity contribution in [1.82, 2.24) is 0 Å². The number of rotatable bonds is 5. The van der Waals surface area contributed by atoms with E-state index in [0.29, 0.717) is 13.2 Å². The quantitative estimate of drug-likeness (QED) is 0.716. The summed E-state index contributed by atoms with van der Waals surface area (Å²) in [6.45, 7) is 7.11.